The Morgan fingerprint density at radius 3 is 2.56 bits per heavy atom. The summed E-state index contributed by atoms with van der Waals surface area (Å²) in [6.07, 6.45) is 8.46. The van der Waals surface area contributed by atoms with Crippen LogP contribution in [0.15, 0.2) is 0 Å². The van der Waals surface area contributed by atoms with Crippen molar-refractivity contribution < 1.29 is 0 Å². The highest BCUT2D eigenvalue weighted by atomic mass is 15.2. The van der Waals surface area contributed by atoms with E-state index in [9.17, 15) is 0 Å². The van der Waals surface area contributed by atoms with Gasteiger partial charge in [-0.1, -0.05) is 33.6 Å². The lowest BCUT2D eigenvalue weighted by Gasteiger charge is -2.39. The van der Waals surface area contributed by atoms with E-state index in [1.54, 1.807) is 0 Å². The first-order valence-corrected chi connectivity index (χ1v) is 8.15. The van der Waals surface area contributed by atoms with Gasteiger partial charge in [-0.25, -0.2) is 0 Å². The maximum Gasteiger partial charge on any atom is 0.0200 e. The topological polar surface area (TPSA) is 15.3 Å². The number of nitrogens with zero attached hydrogens (tertiary/aromatic N) is 1. The number of piperidine rings is 1. The van der Waals surface area contributed by atoms with Crippen molar-refractivity contribution >= 4 is 0 Å². The summed E-state index contributed by atoms with van der Waals surface area (Å²) in [6.45, 7) is 10.9. The van der Waals surface area contributed by atoms with Crippen LogP contribution in [0.2, 0.25) is 0 Å². The third-order valence-electron chi connectivity index (χ3n) is 4.25. The van der Waals surface area contributed by atoms with Crippen LogP contribution < -0.4 is 5.32 Å². The summed E-state index contributed by atoms with van der Waals surface area (Å²) in [5.74, 6) is 1.74. The molecule has 0 bridgehead atoms. The van der Waals surface area contributed by atoms with E-state index in [2.05, 4.69) is 31.0 Å². The Morgan fingerprint density at radius 2 is 1.94 bits per heavy atom. The van der Waals surface area contributed by atoms with Gasteiger partial charge in [0.05, 0.1) is 0 Å². The zero-order valence-electron chi connectivity index (χ0n) is 12.6. The lowest BCUT2D eigenvalue weighted by molar-refractivity contribution is 0.121. The summed E-state index contributed by atoms with van der Waals surface area (Å²) < 4.78 is 0. The van der Waals surface area contributed by atoms with Gasteiger partial charge in [-0.05, 0) is 37.5 Å². The van der Waals surface area contributed by atoms with Gasteiger partial charge in [-0.2, -0.15) is 0 Å². The predicted molar refractivity (Wildman–Crippen MR) is 78.9 cm³/mol. The highest BCUT2D eigenvalue weighted by Gasteiger charge is 2.31. The second-order valence-corrected chi connectivity index (χ2v) is 6.99. The summed E-state index contributed by atoms with van der Waals surface area (Å²) in [5, 5.41) is 3.86. The van der Waals surface area contributed by atoms with Crippen molar-refractivity contribution in [2.45, 2.75) is 71.4 Å². The molecule has 1 saturated heterocycles. The van der Waals surface area contributed by atoms with Crippen molar-refractivity contribution in [3.8, 4) is 0 Å². The van der Waals surface area contributed by atoms with Gasteiger partial charge in [0.1, 0.15) is 0 Å². The number of hydrogen-bond donors (Lipinski definition) is 1. The van der Waals surface area contributed by atoms with E-state index in [-0.39, 0.29) is 0 Å². The summed E-state index contributed by atoms with van der Waals surface area (Å²) >= 11 is 0. The summed E-state index contributed by atoms with van der Waals surface area (Å²) in [6, 6.07) is 1.63. The second-order valence-electron chi connectivity index (χ2n) is 6.99. The largest absolute Gasteiger partial charge is 0.310 e. The van der Waals surface area contributed by atoms with E-state index in [0.717, 1.165) is 23.9 Å². The van der Waals surface area contributed by atoms with E-state index in [4.69, 9.17) is 0 Å². The second kappa shape index (κ2) is 6.91. The molecule has 2 nitrogen and oxygen atoms in total. The minimum Gasteiger partial charge on any atom is -0.310 e. The fourth-order valence-electron chi connectivity index (χ4n) is 3.37. The zero-order chi connectivity index (χ0) is 13.0. The van der Waals surface area contributed by atoms with Crippen molar-refractivity contribution in [1.29, 1.82) is 0 Å². The molecule has 2 heteroatoms. The predicted octanol–water partition coefficient (Wildman–Crippen LogP) is 3.28. The van der Waals surface area contributed by atoms with Crippen LogP contribution in [-0.2, 0) is 0 Å². The Balaban J connectivity index is 1.82. The number of nitrogens with one attached hydrogen (secondary N) is 1. The standard InChI is InChI=1S/C16H32N2/c1-4-5-6-14-9-16(17-15-7-8-15)12-18(11-14)10-13(2)3/h13-17H,4-12H2,1-3H3. The first kappa shape index (κ1) is 14.3. The molecule has 2 aliphatic rings. The van der Waals surface area contributed by atoms with Crippen LogP contribution >= 0.6 is 0 Å². The fourth-order valence-corrected chi connectivity index (χ4v) is 3.37. The number of likely N-dealkylation sites (tertiary alicyclic amines) is 1. The minimum absolute atomic E-state index is 0.770. The Hall–Kier alpha value is -0.0800. The van der Waals surface area contributed by atoms with E-state index < -0.39 is 0 Å². The lowest BCUT2D eigenvalue weighted by Crippen LogP contribution is -2.50. The quantitative estimate of drug-likeness (QED) is 0.748. The molecule has 2 fully saturated rings. The molecule has 1 saturated carbocycles. The molecule has 1 N–H and O–H groups in total. The first-order valence-electron chi connectivity index (χ1n) is 8.15. The molecule has 0 aromatic carbocycles. The Labute approximate surface area is 114 Å². The molecular weight excluding hydrogens is 220 g/mol. The Kier molecular flexibility index (Phi) is 5.50. The van der Waals surface area contributed by atoms with Crippen LogP contribution in [0.4, 0.5) is 0 Å². The zero-order valence-corrected chi connectivity index (χ0v) is 12.6. The van der Waals surface area contributed by atoms with E-state index >= 15 is 0 Å². The van der Waals surface area contributed by atoms with Gasteiger partial charge in [-0.3, -0.25) is 0 Å². The van der Waals surface area contributed by atoms with Crippen LogP contribution in [0, 0.1) is 11.8 Å². The van der Waals surface area contributed by atoms with Gasteiger partial charge < -0.3 is 10.2 Å². The number of rotatable bonds is 7. The average Bonchev–Trinajstić information content (AvgIpc) is 3.09. The highest BCUT2D eigenvalue weighted by molar-refractivity contribution is 4.90. The molecule has 1 aliphatic heterocycles. The van der Waals surface area contributed by atoms with Crippen molar-refractivity contribution in [3.05, 3.63) is 0 Å². The van der Waals surface area contributed by atoms with E-state index in [1.807, 2.05) is 0 Å². The first-order chi connectivity index (χ1) is 8.67. The smallest absolute Gasteiger partial charge is 0.0200 e. The van der Waals surface area contributed by atoms with Gasteiger partial charge in [0.15, 0.2) is 0 Å². The SMILES string of the molecule is CCCCC1CC(NC2CC2)CN(CC(C)C)C1. The third-order valence-corrected chi connectivity index (χ3v) is 4.25. The van der Waals surface area contributed by atoms with Crippen molar-refractivity contribution in [2.75, 3.05) is 19.6 Å². The molecule has 18 heavy (non-hydrogen) atoms. The van der Waals surface area contributed by atoms with Crippen LogP contribution in [0.1, 0.15) is 59.3 Å². The van der Waals surface area contributed by atoms with Gasteiger partial charge >= 0.3 is 0 Å². The normalized spacial score (nSPS) is 30.0. The molecule has 2 rings (SSSR count). The Bertz CT molecular complexity index is 223. The summed E-state index contributed by atoms with van der Waals surface area (Å²) in [5.41, 5.74) is 0. The minimum atomic E-state index is 0.770. The van der Waals surface area contributed by atoms with Crippen LogP contribution in [-0.4, -0.2) is 36.6 Å². The molecule has 1 heterocycles. The van der Waals surface area contributed by atoms with Crippen LogP contribution in [0.25, 0.3) is 0 Å². The van der Waals surface area contributed by atoms with Gasteiger partial charge in [0.25, 0.3) is 0 Å². The molecule has 106 valence electrons. The molecule has 0 radical (unpaired) electrons. The molecule has 0 spiro atoms. The Morgan fingerprint density at radius 1 is 1.17 bits per heavy atom. The van der Waals surface area contributed by atoms with Crippen LogP contribution in [0.5, 0.6) is 0 Å². The third kappa shape index (κ3) is 4.89. The average molecular weight is 252 g/mol. The van der Waals surface area contributed by atoms with Crippen molar-refractivity contribution in [2.24, 2.45) is 11.8 Å². The number of unbranched alkanes of at least 4 members (excludes halogenated alkanes) is 1. The highest BCUT2D eigenvalue weighted by Crippen LogP contribution is 2.26. The molecule has 0 amide bonds. The maximum atomic E-state index is 3.86. The van der Waals surface area contributed by atoms with E-state index in [1.165, 1.54) is 58.2 Å². The molecular formula is C16H32N2. The molecule has 2 unspecified atom stereocenters. The van der Waals surface area contributed by atoms with E-state index in [0.29, 0.717) is 0 Å². The van der Waals surface area contributed by atoms with Crippen molar-refractivity contribution in [3.63, 3.8) is 0 Å². The fraction of sp³-hybridized carbons (Fsp3) is 1.00. The molecule has 1 aliphatic carbocycles. The maximum absolute atomic E-state index is 3.86. The van der Waals surface area contributed by atoms with Gasteiger partial charge in [0.2, 0.25) is 0 Å². The molecule has 2 atom stereocenters. The molecule has 0 aromatic rings. The number of hydrogen-bond acceptors (Lipinski definition) is 2. The summed E-state index contributed by atoms with van der Waals surface area (Å²) in [7, 11) is 0. The van der Waals surface area contributed by atoms with Gasteiger partial charge in [-0.15, -0.1) is 0 Å². The van der Waals surface area contributed by atoms with Crippen molar-refractivity contribution in [1.82, 2.24) is 10.2 Å². The monoisotopic (exact) mass is 252 g/mol. The summed E-state index contributed by atoms with van der Waals surface area (Å²) in [4.78, 5) is 2.72. The molecule has 0 aromatic heterocycles. The lowest BCUT2D eigenvalue weighted by atomic mass is 9.89. The van der Waals surface area contributed by atoms with Gasteiger partial charge in [0, 0.05) is 31.7 Å². The van der Waals surface area contributed by atoms with Crippen LogP contribution in [0.3, 0.4) is 0 Å².